The first-order valence-corrected chi connectivity index (χ1v) is 6.35. The second kappa shape index (κ2) is 5.83. The normalized spacial score (nSPS) is 32.4. The zero-order valence-electron chi connectivity index (χ0n) is 9.87. The molecule has 3 heteroatoms. The molecule has 2 aliphatic heterocycles. The van der Waals surface area contributed by atoms with Gasteiger partial charge in [0.1, 0.15) is 0 Å². The maximum atomic E-state index is 5.76. The Kier molecular flexibility index (Phi) is 4.42. The van der Waals surface area contributed by atoms with Gasteiger partial charge in [0.05, 0.1) is 6.10 Å². The molecule has 2 aliphatic rings. The number of hydrogen-bond donors (Lipinski definition) is 1. The van der Waals surface area contributed by atoms with Crippen molar-refractivity contribution in [3.8, 4) is 0 Å². The maximum absolute atomic E-state index is 5.76. The van der Waals surface area contributed by atoms with Crippen LogP contribution in [0.3, 0.4) is 0 Å². The fourth-order valence-electron chi connectivity index (χ4n) is 2.68. The summed E-state index contributed by atoms with van der Waals surface area (Å²) in [5.74, 6) is 0.860. The lowest BCUT2D eigenvalue weighted by molar-refractivity contribution is -0.00311. The van der Waals surface area contributed by atoms with Crippen LogP contribution in [0.5, 0.6) is 0 Å². The highest BCUT2D eigenvalue weighted by Crippen LogP contribution is 2.15. The first-order valence-electron chi connectivity index (χ1n) is 6.35. The molecule has 0 saturated carbocycles. The molecule has 0 aliphatic carbocycles. The predicted octanol–water partition coefficient (Wildman–Crippen LogP) is 1.10. The lowest BCUT2D eigenvalue weighted by Gasteiger charge is -2.28. The van der Waals surface area contributed by atoms with Gasteiger partial charge in [0.2, 0.25) is 0 Å². The molecule has 1 N–H and O–H groups in total. The monoisotopic (exact) mass is 212 g/mol. The van der Waals surface area contributed by atoms with Crippen molar-refractivity contribution in [3.63, 3.8) is 0 Å². The summed E-state index contributed by atoms with van der Waals surface area (Å²) in [6.07, 6.45) is 5.71. The first-order chi connectivity index (χ1) is 7.34. The van der Waals surface area contributed by atoms with Gasteiger partial charge >= 0.3 is 0 Å². The van der Waals surface area contributed by atoms with E-state index in [4.69, 9.17) is 4.74 Å². The van der Waals surface area contributed by atoms with Gasteiger partial charge < -0.3 is 15.0 Å². The predicted molar refractivity (Wildman–Crippen MR) is 62.1 cm³/mol. The van der Waals surface area contributed by atoms with Crippen LogP contribution < -0.4 is 5.32 Å². The van der Waals surface area contributed by atoms with Crippen LogP contribution in [0.2, 0.25) is 0 Å². The molecule has 2 unspecified atom stereocenters. The minimum absolute atomic E-state index is 0.498. The lowest BCUT2D eigenvalue weighted by atomic mass is 10.1. The van der Waals surface area contributed by atoms with Crippen LogP contribution >= 0.6 is 0 Å². The van der Waals surface area contributed by atoms with Crippen molar-refractivity contribution in [1.82, 2.24) is 10.2 Å². The van der Waals surface area contributed by atoms with E-state index in [1.165, 1.54) is 45.3 Å². The molecule has 0 amide bonds. The van der Waals surface area contributed by atoms with Crippen molar-refractivity contribution in [2.24, 2.45) is 5.92 Å². The maximum Gasteiger partial charge on any atom is 0.0701 e. The van der Waals surface area contributed by atoms with E-state index >= 15 is 0 Å². The quantitative estimate of drug-likeness (QED) is 0.755. The van der Waals surface area contributed by atoms with Gasteiger partial charge in [-0.25, -0.2) is 0 Å². The summed E-state index contributed by atoms with van der Waals surface area (Å²) in [7, 11) is 2.23. The fraction of sp³-hybridized carbons (Fsp3) is 1.00. The molecule has 88 valence electrons. The molecule has 0 aromatic rings. The average Bonchev–Trinajstić information content (AvgIpc) is 2.71. The number of hydrogen-bond acceptors (Lipinski definition) is 3. The number of likely N-dealkylation sites (N-methyl/N-ethyl adjacent to an activating group) is 1. The van der Waals surface area contributed by atoms with Crippen LogP contribution in [0.25, 0.3) is 0 Å². The Morgan fingerprint density at radius 3 is 2.87 bits per heavy atom. The minimum Gasteiger partial charge on any atom is -0.377 e. The van der Waals surface area contributed by atoms with E-state index in [1.54, 1.807) is 0 Å². The Hall–Kier alpha value is -0.120. The van der Waals surface area contributed by atoms with Crippen molar-refractivity contribution in [2.75, 3.05) is 39.8 Å². The number of rotatable bonds is 4. The van der Waals surface area contributed by atoms with Crippen LogP contribution in [0.1, 0.15) is 25.7 Å². The molecule has 0 spiro atoms. The molecule has 2 fully saturated rings. The fourth-order valence-corrected chi connectivity index (χ4v) is 2.68. The molecule has 2 atom stereocenters. The molecule has 3 nitrogen and oxygen atoms in total. The Balaban J connectivity index is 1.64. The Morgan fingerprint density at radius 1 is 1.27 bits per heavy atom. The van der Waals surface area contributed by atoms with E-state index in [2.05, 4.69) is 17.3 Å². The Bertz CT molecular complexity index is 174. The SMILES string of the molecule is CN(CC1CCNC1)CC1CCCCO1. The van der Waals surface area contributed by atoms with Gasteiger partial charge in [0, 0.05) is 19.7 Å². The van der Waals surface area contributed by atoms with Gasteiger partial charge in [-0.05, 0) is 51.7 Å². The zero-order chi connectivity index (χ0) is 10.5. The Labute approximate surface area is 93.2 Å². The van der Waals surface area contributed by atoms with Crippen molar-refractivity contribution in [2.45, 2.75) is 31.8 Å². The highest BCUT2D eigenvalue weighted by Gasteiger charge is 2.20. The highest BCUT2D eigenvalue weighted by molar-refractivity contribution is 4.75. The largest absolute Gasteiger partial charge is 0.377 e. The smallest absolute Gasteiger partial charge is 0.0701 e. The second-order valence-electron chi connectivity index (χ2n) is 5.07. The molecule has 2 heterocycles. The van der Waals surface area contributed by atoms with Crippen LogP contribution in [-0.2, 0) is 4.74 Å². The third-order valence-electron chi connectivity index (χ3n) is 3.52. The van der Waals surface area contributed by atoms with Gasteiger partial charge in [-0.15, -0.1) is 0 Å². The molecule has 15 heavy (non-hydrogen) atoms. The highest BCUT2D eigenvalue weighted by atomic mass is 16.5. The standard InChI is InChI=1S/C12H24N2O/c1-14(9-11-5-6-13-8-11)10-12-4-2-3-7-15-12/h11-13H,2-10H2,1H3. The van der Waals surface area contributed by atoms with Crippen LogP contribution in [-0.4, -0.2) is 50.8 Å². The van der Waals surface area contributed by atoms with Gasteiger partial charge in [-0.1, -0.05) is 0 Å². The molecular formula is C12H24N2O. The summed E-state index contributed by atoms with van der Waals surface area (Å²) in [4.78, 5) is 2.45. The van der Waals surface area contributed by atoms with Crippen LogP contribution in [0, 0.1) is 5.92 Å². The summed E-state index contributed by atoms with van der Waals surface area (Å²) in [5, 5.41) is 3.42. The van der Waals surface area contributed by atoms with Crippen molar-refractivity contribution < 1.29 is 4.74 Å². The summed E-state index contributed by atoms with van der Waals surface area (Å²) in [6, 6.07) is 0. The molecule has 2 saturated heterocycles. The average molecular weight is 212 g/mol. The van der Waals surface area contributed by atoms with Crippen LogP contribution in [0.15, 0.2) is 0 Å². The van der Waals surface area contributed by atoms with E-state index in [-0.39, 0.29) is 0 Å². The summed E-state index contributed by atoms with van der Waals surface area (Å²) in [5.41, 5.74) is 0. The van der Waals surface area contributed by atoms with Gasteiger partial charge in [0.25, 0.3) is 0 Å². The molecular weight excluding hydrogens is 188 g/mol. The van der Waals surface area contributed by atoms with Gasteiger partial charge in [0.15, 0.2) is 0 Å². The third-order valence-corrected chi connectivity index (χ3v) is 3.52. The lowest BCUT2D eigenvalue weighted by Crippen LogP contribution is -2.36. The first kappa shape index (κ1) is 11.4. The van der Waals surface area contributed by atoms with E-state index in [0.717, 1.165) is 19.1 Å². The number of nitrogens with zero attached hydrogens (tertiary/aromatic N) is 1. The van der Waals surface area contributed by atoms with E-state index in [9.17, 15) is 0 Å². The molecule has 0 aromatic carbocycles. The van der Waals surface area contributed by atoms with E-state index < -0.39 is 0 Å². The van der Waals surface area contributed by atoms with Crippen molar-refractivity contribution in [1.29, 1.82) is 0 Å². The minimum atomic E-state index is 0.498. The summed E-state index contributed by atoms with van der Waals surface area (Å²) >= 11 is 0. The number of nitrogens with one attached hydrogen (secondary N) is 1. The van der Waals surface area contributed by atoms with Crippen LogP contribution in [0.4, 0.5) is 0 Å². The second-order valence-corrected chi connectivity index (χ2v) is 5.07. The van der Waals surface area contributed by atoms with Gasteiger partial charge in [-0.3, -0.25) is 0 Å². The molecule has 2 rings (SSSR count). The number of ether oxygens (including phenoxy) is 1. The Morgan fingerprint density at radius 2 is 2.20 bits per heavy atom. The third kappa shape index (κ3) is 3.74. The van der Waals surface area contributed by atoms with Crippen molar-refractivity contribution in [3.05, 3.63) is 0 Å². The molecule has 0 aromatic heterocycles. The molecule has 0 radical (unpaired) electrons. The topological polar surface area (TPSA) is 24.5 Å². The zero-order valence-corrected chi connectivity index (χ0v) is 9.87. The van der Waals surface area contributed by atoms with Crippen molar-refractivity contribution >= 4 is 0 Å². The summed E-state index contributed by atoms with van der Waals surface area (Å²) in [6.45, 7) is 5.74. The van der Waals surface area contributed by atoms with E-state index in [0.29, 0.717) is 6.10 Å². The molecule has 0 bridgehead atoms. The van der Waals surface area contributed by atoms with Gasteiger partial charge in [-0.2, -0.15) is 0 Å². The summed E-state index contributed by atoms with van der Waals surface area (Å²) < 4.78 is 5.76. The van der Waals surface area contributed by atoms with E-state index in [1.807, 2.05) is 0 Å².